The van der Waals surface area contributed by atoms with E-state index in [0.29, 0.717) is 0 Å². The van der Waals surface area contributed by atoms with Gasteiger partial charge < -0.3 is 0 Å². The fourth-order valence-electron chi connectivity index (χ4n) is 5.62. The standard InChI is InChI=1S/C26H32NSi/c1-16-11-24-18-7-8-19(13-18)25(24)15-23(16)26-22-10-9-21(28(4,5)6)14-20(22)12-17(2)27(26)3/h9-12,14-15,18-19H,7-8,13H2,1-6H3/q+1. The number of rotatable bonds is 2. The molecule has 0 N–H and O–H groups in total. The van der Waals surface area contributed by atoms with Crippen molar-refractivity contribution in [1.29, 1.82) is 0 Å². The van der Waals surface area contributed by atoms with E-state index in [4.69, 9.17) is 0 Å². The molecule has 0 saturated heterocycles. The minimum atomic E-state index is -1.32. The molecule has 1 aromatic heterocycles. The Morgan fingerprint density at radius 2 is 1.57 bits per heavy atom. The van der Waals surface area contributed by atoms with E-state index in [1.807, 2.05) is 0 Å². The molecule has 5 rings (SSSR count). The monoisotopic (exact) mass is 386 g/mol. The number of nitrogens with zero attached hydrogens (tertiary/aromatic N) is 1. The molecule has 0 aliphatic heterocycles. The van der Waals surface area contributed by atoms with Crippen LogP contribution in [0.4, 0.5) is 0 Å². The summed E-state index contributed by atoms with van der Waals surface area (Å²) in [4.78, 5) is 0. The number of pyridine rings is 1. The second-order valence-corrected chi connectivity index (χ2v) is 15.3. The number of benzene rings is 2. The van der Waals surface area contributed by atoms with Crippen molar-refractivity contribution in [2.24, 2.45) is 7.05 Å². The molecule has 2 aromatic carbocycles. The highest BCUT2D eigenvalue weighted by atomic mass is 28.3. The summed E-state index contributed by atoms with van der Waals surface area (Å²) >= 11 is 0. The Kier molecular flexibility index (Phi) is 3.90. The van der Waals surface area contributed by atoms with Gasteiger partial charge in [-0.05, 0) is 72.2 Å². The van der Waals surface area contributed by atoms with Crippen LogP contribution in [0.2, 0.25) is 19.6 Å². The Hall–Kier alpha value is -1.93. The van der Waals surface area contributed by atoms with Gasteiger partial charge in [-0.15, -0.1) is 0 Å². The average Bonchev–Trinajstić information content (AvgIpc) is 3.23. The van der Waals surface area contributed by atoms with Gasteiger partial charge in [-0.1, -0.05) is 43.0 Å². The lowest BCUT2D eigenvalue weighted by Gasteiger charge is -2.20. The Balaban J connectivity index is 1.78. The molecule has 0 radical (unpaired) electrons. The van der Waals surface area contributed by atoms with Crippen LogP contribution < -0.4 is 9.75 Å². The first-order valence-corrected chi connectivity index (χ1v) is 14.3. The number of hydrogen-bond acceptors (Lipinski definition) is 0. The van der Waals surface area contributed by atoms with E-state index < -0.39 is 8.07 Å². The summed E-state index contributed by atoms with van der Waals surface area (Å²) in [6.45, 7) is 11.9. The zero-order valence-corrected chi connectivity index (χ0v) is 19.2. The Labute approximate surface area is 170 Å². The first-order valence-electron chi connectivity index (χ1n) is 10.8. The maximum atomic E-state index is 2.55. The fraction of sp³-hybridized carbons (Fsp3) is 0.423. The zero-order valence-electron chi connectivity index (χ0n) is 18.2. The van der Waals surface area contributed by atoms with Crippen LogP contribution in [-0.2, 0) is 7.05 Å². The lowest BCUT2D eigenvalue weighted by atomic mass is 9.87. The van der Waals surface area contributed by atoms with Gasteiger partial charge in [-0.25, -0.2) is 0 Å². The lowest BCUT2D eigenvalue weighted by Crippen LogP contribution is -2.38. The van der Waals surface area contributed by atoms with Gasteiger partial charge in [0.05, 0.1) is 19.0 Å². The van der Waals surface area contributed by atoms with Crippen LogP contribution in [0.15, 0.2) is 36.4 Å². The van der Waals surface area contributed by atoms with E-state index >= 15 is 0 Å². The van der Waals surface area contributed by atoms with E-state index in [1.54, 1.807) is 16.3 Å². The van der Waals surface area contributed by atoms with Gasteiger partial charge >= 0.3 is 0 Å². The second kappa shape index (κ2) is 6.03. The molecule has 28 heavy (non-hydrogen) atoms. The van der Waals surface area contributed by atoms with Crippen molar-refractivity contribution >= 4 is 24.0 Å². The summed E-state index contributed by atoms with van der Waals surface area (Å²) in [6, 6.07) is 14.7. The lowest BCUT2D eigenvalue weighted by molar-refractivity contribution is -0.665. The highest BCUT2D eigenvalue weighted by Gasteiger charge is 2.38. The molecule has 2 unspecified atom stereocenters. The smallest absolute Gasteiger partial charge is 0.198 e. The minimum absolute atomic E-state index is 0.805. The molecule has 1 saturated carbocycles. The quantitative estimate of drug-likeness (QED) is 0.384. The Morgan fingerprint density at radius 1 is 0.893 bits per heavy atom. The average molecular weight is 387 g/mol. The van der Waals surface area contributed by atoms with Crippen molar-refractivity contribution < 1.29 is 4.57 Å². The summed E-state index contributed by atoms with van der Waals surface area (Å²) in [5.74, 6) is 1.63. The molecular weight excluding hydrogens is 354 g/mol. The summed E-state index contributed by atoms with van der Waals surface area (Å²) < 4.78 is 2.40. The molecule has 3 aromatic rings. The maximum Gasteiger partial charge on any atom is 0.220 e. The van der Waals surface area contributed by atoms with Crippen molar-refractivity contribution in [3.8, 4) is 11.3 Å². The van der Waals surface area contributed by atoms with Crippen LogP contribution in [0.5, 0.6) is 0 Å². The Morgan fingerprint density at radius 3 is 2.25 bits per heavy atom. The first kappa shape index (κ1) is 18.1. The Bertz CT molecular complexity index is 1120. The van der Waals surface area contributed by atoms with Crippen molar-refractivity contribution in [3.05, 3.63) is 58.8 Å². The van der Waals surface area contributed by atoms with Gasteiger partial charge in [0.15, 0.2) is 5.69 Å². The maximum absolute atomic E-state index is 2.55. The zero-order chi connectivity index (χ0) is 19.8. The SMILES string of the molecule is Cc1cc2c(cc1-c1c3ccc([Si](C)(C)C)cc3cc(C)[n+]1C)C1CCC2C1. The van der Waals surface area contributed by atoms with E-state index in [2.05, 4.69) is 81.5 Å². The van der Waals surface area contributed by atoms with Gasteiger partial charge in [0.2, 0.25) is 5.69 Å². The molecule has 1 fully saturated rings. The van der Waals surface area contributed by atoms with Crippen molar-refractivity contribution in [3.63, 3.8) is 0 Å². The van der Waals surface area contributed by atoms with Gasteiger partial charge in [0, 0.05) is 13.0 Å². The summed E-state index contributed by atoms with van der Waals surface area (Å²) in [7, 11) is 0.912. The molecule has 0 spiro atoms. The predicted molar refractivity (Wildman–Crippen MR) is 122 cm³/mol. The molecule has 2 aliphatic rings. The third-order valence-corrected chi connectivity index (χ3v) is 9.44. The van der Waals surface area contributed by atoms with Crippen molar-refractivity contribution in [2.45, 2.75) is 64.6 Å². The topological polar surface area (TPSA) is 3.88 Å². The van der Waals surface area contributed by atoms with Gasteiger partial charge in [-0.3, -0.25) is 0 Å². The fourth-order valence-corrected chi connectivity index (χ4v) is 6.80. The van der Waals surface area contributed by atoms with E-state index in [1.165, 1.54) is 52.5 Å². The molecule has 0 amide bonds. The number of aryl methyl sites for hydroxylation is 2. The molecule has 1 heterocycles. The van der Waals surface area contributed by atoms with Crippen LogP contribution in [0.25, 0.3) is 22.0 Å². The third kappa shape index (κ3) is 2.61. The summed E-state index contributed by atoms with van der Waals surface area (Å²) in [5.41, 5.74) is 8.88. The van der Waals surface area contributed by atoms with Gasteiger partial charge in [-0.2, -0.15) is 4.57 Å². The van der Waals surface area contributed by atoms with Crippen LogP contribution in [0.1, 0.15) is 53.5 Å². The van der Waals surface area contributed by atoms with Gasteiger partial charge in [0.25, 0.3) is 0 Å². The molecule has 2 heteroatoms. The third-order valence-electron chi connectivity index (χ3n) is 7.40. The van der Waals surface area contributed by atoms with Crippen LogP contribution in [0.3, 0.4) is 0 Å². The molecule has 1 nitrogen and oxygen atoms in total. The highest BCUT2D eigenvalue weighted by molar-refractivity contribution is 6.88. The van der Waals surface area contributed by atoms with E-state index in [9.17, 15) is 0 Å². The predicted octanol–water partition coefficient (Wildman–Crippen LogP) is 5.86. The van der Waals surface area contributed by atoms with Crippen LogP contribution in [0, 0.1) is 13.8 Å². The highest BCUT2D eigenvalue weighted by Crippen LogP contribution is 2.54. The number of hydrogen-bond donors (Lipinski definition) is 0. The molecule has 144 valence electrons. The normalized spacial score (nSPS) is 20.8. The largest absolute Gasteiger partial charge is 0.220 e. The minimum Gasteiger partial charge on any atom is -0.198 e. The van der Waals surface area contributed by atoms with E-state index in [0.717, 1.165) is 11.8 Å². The van der Waals surface area contributed by atoms with Crippen LogP contribution in [-0.4, -0.2) is 8.07 Å². The van der Waals surface area contributed by atoms with Gasteiger partial charge in [0.1, 0.15) is 7.05 Å². The number of fused-ring (bicyclic) bond motifs is 6. The van der Waals surface area contributed by atoms with Crippen LogP contribution >= 0.6 is 0 Å². The molecule has 2 atom stereocenters. The summed E-state index contributed by atoms with van der Waals surface area (Å²) in [6.07, 6.45) is 4.18. The molecular formula is C26H32NSi+. The molecule has 2 bridgehead atoms. The van der Waals surface area contributed by atoms with Crippen molar-refractivity contribution in [1.82, 2.24) is 0 Å². The van der Waals surface area contributed by atoms with E-state index in [-0.39, 0.29) is 0 Å². The molecule has 2 aliphatic carbocycles. The number of aromatic nitrogens is 1. The summed E-state index contributed by atoms with van der Waals surface area (Å²) in [5, 5.41) is 4.33. The second-order valence-electron chi connectivity index (χ2n) is 10.2. The van der Waals surface area contributed by atoms with Crippen molar-refractivity contribution in [2.75, 3.05) is 0 Å². The first-order chi connectivity index (χ1) is 13.2.